The van der Waals surface area contributed by atoms with Crippen LogP contribution in [0.2, 0.25) is 0 Å². The number of nitrogens with one attached hydrogen (secondary N) is 1. The summed E-state index contributed by atoms with van der Waals surface area (Å²) in [5.74, 6) is 0. The van der Waals surface area contributed by atoms with E-state index in [1.54, 1.807) is 0 Å². The molecule has 0 spiro atoms. The second kappa shape index (κ2) is 4.88. The fraction of sp³-hybridized carbons (Fsp3) is 0. The van der Waals surface area contributed by atoms with Gasteiger partial charge in [-0.3, -0.25) is 4.72 Å². The normalized spacial score (nSPS) is 9.69. The quantitative estimate of drug-likeness (QED) is 0.821. The van der Waals surface area contributed by atoms with E-state index in [0.29, 0.717) is 0 Å². The van der Waals surface area contributed by atoms with Crippen molar-refractivity contribution < 1.29 is 4.79 Å². The molecule has 0 atom stereocenters. The molecule has 13 heavy (non-hydrogen) atoms. The van der Waals surface area contributed by atoms with Gasteiger partial charge in [0.1, 0.15) is 0 Å². The third-order valence-corrected chi connectivity index (χ3v) is 3.46. The van der Waals surface area contributed by atoms with Crippen molar-refractivity contribution in [3.63, 3.8) is 0 Å². The molecule has 0 radical (unpaired) electrons. The monoisotopic (exact) mass is 324 g/mol. The van der Waals surface area contributed by atoms with Gasteiger partial charge in [-0.05, 0) is 46.1 Å². The summed E-state index contributed by atoms with van der Waals surface area (Å²) >= 11 is 7.84. The molecule has 0 aromatic heterocycles. The lowest BCUT2D eigenvalue weighted by Gasteiger charge is -2.03. The van der Waals surface area contributed by atoms with Gasteiger partial charge in [0.2, 0.25) is 0 Å². The van der Waals surface area contributed by atoms with Crippen LogP contribution in [0.5, 0.6) is 0 Å². The lowest BCUT2D eigenvalue weighted by molar-refractivity contribution is 0.254. The lowest BCUT2D eigenvalue weighted by atomic mass is 10.4. The summed E-state index contributed by atoms with van der Waals surface area (Å²) in [5, 5.41) is 0. The molecular weight excluding hydrogens is 320 g/mol. The van der Waals surface area contributed by atoms with E-state index in [1.807, 2.05) is 18.2 Å². The highest BCUT2D eigenvalue weighted by Gasteiger charge is 2.02. The molecule has 1 aromatic carbocycles. The first-order chi connectivity index (χ1) is 6.09. The molecule has 1 aromatic rings. The molecule has 3 nitrogen and oxygen atoms in total. The van der Waals surface area contributed by atoms with E-state index in [2.05, 4.69) is 36.6 Å². The number of hydrogen-bond donors (Lipinski definition) is 2. The Hall–Kier alpha value is -0.200. The van der Waals surface area contributed by atoms with Crippen LogP contribution < -0.4 is 10.5 Å². The van der Waals surface area contributed by atoms with Gasteiger partial charge < -0.3 is 5.73 Å². The number of halogens is 2. The van der Waals surface area contributed by atoms with Gasteiger partial charge >= 0.3 is 6.03 Å². The SMILES string of the molecule is NC(=O)NSc1cc(Br)ccc1Br. The average molecular weight is 326 g/mol. The zero-order valence-electron chi connectivity index (χ0n) is 6.38. The Bertz CT molecular complexity index is 332. The van der Waals surface area contributed by atoms with Crippen LogP contribution in [0.3, 0.4) is 0 Å². The van der Waals surface area contributed by atoms with Gasteiger partial charge in [-0.15, -0.1) is 0 Å². The Morgan fingerprint density at radius 2 is 2.15 bits per heavy atom. The van der Waals surface area contributed by atoms with E-state index >= 15 is 0 Å². The van der Waals surface area contributed by atoms with Gasteiger partial charge in [0.15, 0.2) is 0 Å². The summed E-state index contributed by atoms with van der Waals surface area (Å²) in [4.78, 5) is 11.3. The molecule has 0 aliphatic heterocycles. The van der Waals surface area contributed by atoms with Crippen LogP contribution in [0.15, 0.2) is 32.0 Å². The highest BCUT2D eigenvalue weighted by molar-refractivity contribution is 9.11. The van der Waals surface area contributed by atoms with Gasteiger partial charge in [0.25, 0.3) is 0 Å². The van der Waals surface area contributed by atoms with Crippen LogP contribution in [0.4, 0.5) is 4.79 Å². The molecule has 0 saturated carbocycles. The highest BCUT2D eigenvalue weighted by atomic mass is 79.9. The molecule has 1 rings (SSSR count). The van der Waals surface area contributed by atoms with Crippen molar-refractivity contribution in [1.82, 2.24) is 4.72 Å². The molecule has 70 valence electrons. The molecule has 0 fully saturated rings. The first-order valence-electron chi connectivity index (χ1n) is 3.27. The standard InChI is InChI=1S/C7H6Br2N2OS/c8-4-1-2-5(9)6(3-4)13-11-7(10)12/h1-3H,(H3,10,11,12). The van der Waals surface area contributed by atoms with Crippen molar-refractivity contribution in [2.45, 2.75) is 4.90 Å². The number of hydrogen-bond acceptors (Lipinski definition) is 2. The minimum absolute atomic E-state index is 0.558. The van der Waals surface area contributed by atoms with Gasteiger partial charge in [-0.1, -0.05) is 15.9 Å². The summed E-state index contributed by atoms with van der Waals surface area (Å²) in [6.45, 7) is 0. The predicted octanol–water partition coefficient (Wildman–Crippen LogP) is 2.89. The van der Waals surface area contributed by atoms with E-state index in [1.165, 1.54) is 11.9 Å². The molecule has 2 amide bonds. The predicted molar refractivity (Wildman–Crippen MR) is 60.4 cm³/mol. The van der Waals surface area contributed by atoms with E-state index in [4.69, 9.17) is 5.73 Å². The van der Waals surface area contributed by atoms with E-state index in [9.17, 15) is 4.79 Å². The van der Waals surface area contributed by atoms with E-state index in [0.717, 1.165) is 13.8 Å². The second-order valence-electron chi connectivity index (χ2n) is 2.14. The van der Waals surface area contributed by atoms with Crippen molar-refractivity contribution >= 4 is 49.8 Å². The fourth-order valence-corrected chi connectivity index (χ4v) is 2.22. The van der Waals surface area contributed by atoms with Crippen molar-refractivity contribution in [3.05, 3.63) is 27.1 Å². The topological polar surface area (TPSA) is 55.1 Å². The van der Waals surface area contributed by atoms with Gasteiger partial charge in [0, 0.05) is 13.8 Å². The Morgan fingerprint density at radius 1 is 1.46 bits per heavy atom. The minimum Gasteiger partial charge on any atom is -0.351 e. The third kappa shape index (κ3) is 3.58. The van der Waals surface area contributed by atoms with Crippen molar-refractivity contribution in [3.8, 4) is 0 Å². The summed E-state index contributed by atoms with van der Waals surface area (Å²) < 4.78 is 4.29. The van der Waals surface area contributed by atoms with Gasteiger partial charge in [-0.25, -0.2) is 4.79 Å². The summed E-state index contributed by atoms with van der Waals surface area (Å²) in [5.41, 5.74) is 4.93. The highest BCUT2D eigenvalue weighted by Crippen LogP contribution is 2.28. The molecule has 3 N–H and O–H groups in total. The summed E-state index contributed by atoms with van der Waals surface area (Å²) in [6.07, 6.45) is 0. The molecule has 0 bridgehead atoms. The molecule has 0 saturated heterocycles. The number of nitrogens with two attached hydrogens (primary N) is 1. The Kier molecular flexibility index (Phi) is 4.08. The Labute approximate surface area is 96.8 Å². The zero-order valence-corrected chi connectivity index (χ0v) is 10.4. The fourth-order valence-electron chi connectivity index (χ4n) is 0.661. The molecule has 0 unspecified atom stereocenters. The molecule has 0 aliphatic rings. The Balaban J connectivity index is 2.75. The first-order valence-corrected chi connectivity index (χ1v) is 5.67. The van der Waals surface area contributed by atoms with Crippen LogP contribution in [0, 0.1) is 0 Å². The molecule has 6 heteroatoms. The van der Waals surface area contributed by atoms with Crippen LogP contribution in [-0.2, 0) is 0 Å². The smallest absolute Gasteiger partial charge is 0.322 e. The van der Waals surface area contributed by atoms with Crippen LogP contribution >= 0.6 is 43.8 Å². The maximum atomic E-state index is 10.4. The lowest BCUT2D eigenvalue weighted by Crippen LogP contribution is -2.22. The summed E-state index contributed by atoms with van der Waals surface area (Å²) in [7, 11) is 0. The molecule has 0 aliphatic carbocycles. The summed E-state index contributed by atoms with van der Waals surface area (Å²) in [6, 6.07) is 5.11. The van der Waals surface area contributed by atoms with Crippen LogP contribution in [0.25, 0.3) is 0 Å². The van der Waals surface area contributed by atoms with Crippen molar-refractivity contribution in [2.75, 3.05) is 0 Å². The number of urea groups is 1. The second-order valence-corrected chi connectivity index (χ2v) is 4.76. The average Bonchev–Trinajstić information content (AvgIpc) is 2.06. The van der Waals surface area contributed by atoms with E-state index in [-0.39, 0.29) is 0 Å². The number of carbonyl (C=O) groups excluding carboxylic acids is 1. The van der Waals surface area contributed by atoms with Crippen LogP contribution in [-0.4, -0.2) is 6.03 Å². The van der Waals surface area contributed by atoms with E-state index < -0.39 is 6.03 Å². The number of primary amides is 1. The molecular formula is C7H6Br2N2OS. The van der Waals surface area contributed by atoms with Crippen molar-refractivity contribution in [2.24, 2.45) is 5.73 Å². The zero-order chi connectivity index (χ0) is 9.84. The Morgan fingerprint density at radius 3 is 2.77 bits per heavy atom. The van der Waals surface area contributed by atoms with Crippen LogP contribution in [0.1, 0.15) is 0 Å². The minimum atomic E-state index is -0.558. The number of benzene rings is 1. The third-order valence-electron chi connectivity index (χ3n) is 1.15. The number of amides is 2. The van der Waals surface area contributed by atoms with Gasteiger partial charge in [0.05, 0.1) is 0 Å². The number of carbonyl (C=O) groups is 1. The first kappa shape index (κ1) is 10.9. The van der Waals surface area contributed by atoms with Crippen molar-refractivity contribution in [1.29, 1.82) is 0 Å². The maximum Gasteiger partial charge on any atom is 0.322 e. The number of rotatable bonds is 2. The van der Waals surface area contributed by atoms with Gasteiger partial charge in [-0.2, -0.15) is 0 Å². The molecule has 0 heterocycles. The maximum absolute atomic E-state index is 10.4. The largest absolute Gasteiger partial charge is 0.351 e.